The highest BCUT2D eigenvalue weighted by molar-refractivity contribution is 7.89. The number of nitrogens with one attached hydrogen (secondary N) is 1. The summed E-state index contributed by atoms with van der Waals surface area (Å²) in [5, 5.41) is 9.03. The average Bonchev–Trinajstić information content (AvgIpc) is 2.69. The molecule has 2 N–H and O–H groups in total. The fraction of sp³-hybridized carbons (Fsp3) is 0.636. The minimum Gasteiger partial charge on any atom is -0.390 e. The SMILES string of the molecule is COCC(C)CNS(=O)(=O)c1cc(CO)n(C)c1. The van der Waals surface area contributed by atoms with E-state index >= 15 is 0 Å². The van der Waals surface area contributed by atoms with Gasteiger partial charge in [-0.15, -0.1) is 0 Å². The van der Waals surface area contributed by atoms with Crippen LogP contribution in [-0.4, -0.2) is 38.4 Å². The molecule has 0 saturated carbocycles. The molecule has 1 atom stereocenters. The zero-order valence-corrected chi connectivity index (χ0v) is 11.7. The number of ether oxygens (including phenoxy) is 1. The molecule has 0 bridgehead atoms. The van der Waals surface area contributed by atoms with Crippen molar-refractivity contribution in [2.75, 3.05) is 20.3 Å². The van der Waals surface area contributed by atoms with Crippen molar-refractivity contribution in [1.29, 1.82) is 0 Å². The molecular formula is C11H20N2O4S. The fourth-order valence-corrected chi connectivity index (χ4v) is 2.82. The standard InChI is InChI=1S/C11H20N2O4S/c1-9(8-17-3)5-12-18(15,16)11-4-10(7-14)13(2)6-11/h4,6,9,12,14H,5,7-8H2,1-3H3. The lowest BCUT2D eigenvalue weighted by atomic mass is 10.2. The van der Waals surface area contributed by atoms with Crippen molar-refractivity contribution in [2.45, 2.75) is 18.4 Å². The smallest absolute Gasteiger partial charge is 0.242 e. The Morgan fingerprint density at radius 1 is 1.56 bits per heavy atom. The number of methoxy groups -OCH3 is 1. The number of nitrogens with zero attached hydrogens (tertiary/aromatic N) is 1. The predicted molar refractivity (Wildman–Crippen MR) is 67.6 cm³/mol. The minimum atomic E-state index is -3.52. The molecule has 0 aliphatic heterocycles. The molecule has 1 aromatic heterocycles. The van der Waals surface area contributed by atoms with Crippen molar-refractivity contribution in [1.82, 2.24) is 9.29 Å². The van der Waals surface area contributed by atoms with Gasteiger partial charge in [0.05, 0.1) is 11.5 Å². The molecule has 0 aliphatic rings. The van der Waals surface area contributed by atoms with Gasteiger partial charge in [-0.25, -0.2) is 13.1 Å². The maximum atomic E-state index is 12.0. The molecule has 0 spiro atoms. The van der Waals surface area contributed by atoms with Crippen LogP contribution in [0.3, 0.4) is 0 Å². The van der Waals surface area contributed by atoms with E-state index in [1.54, 1.807) is 18.7 Å². The van der Waals surface area contributed by atoms with Gasteiger partial charge in [-0.1, -0.05) is 6.92 Å². The van der Waals surface area contributed by atoms with E-state index in [2.05, 4.69) is 4.72 Å². The molecule has 1 rings (SSSR count). The van der Waals surface area contributed by atoms with Crippen molar-refractivity contribution < 1.29 is 18.3 Å². The molecule has 1 unspecified atom stereocenters. The largest absolute Gasteiger partial charge is 0.390 e. The van der Waals surface area contributed by atoms with Crippen molar-refractivity contribution in [2.24, 2.45) is 13.0 Å². The Kier molecular flexibility index (Phi) is 5.33. The highest BCUT2D eigenvalue weighted by Gasteiger charge is 2.18. The maximum Gasteiger partial charge on any atom is 0.242 e. The highest BCUT2D eigenvalue weighted by atomic mass is 32.2. The van der Waals surface area contributed by atoms with E-state index in [0.29, 0.717) is 18.8 Å². The zero-order chi connectivity index (χ0) is 13.8. The molecule has 1 aromatic rings. The summed E-state index contributed by atoms with van der Waals surface area (Å²) in [5.41, 5.74) is 0.556. The third-order valence-corrected chi connectivity index (χ3v) is 4.02. The Balaban J connectivity index is 2.74. The molecule has 6 nitrogen and oxygen atoms in total. The van der Waals surface area contributed by atoms with Crippen molar-refractivity contribution in [3.05, 3.63) is 18.0 Å². The number of aliphatic hydroxyl groups is 1. The highest BCUT2D eigenvalue weighted by Crippen LogP contribution is 2.13. The summed E-state index contributed by atoms with van der Waals surface area (Å²) in [6, 6.07) is 1.46. The van der Waals surface area contributed by atoms with Crippen LogP contribution in [0.1, 0.15) is 12.6 Å². The van der Waals surface area contributed by atoms with E-state index in [9.17, 15) is 8.42 Å². The number of aliphatic hydroxyl groups excluding tert-OH is 1. The van der Waals surface area contributed by atoms with Gasteiger partial charge in [-0.2, -0.15) is 0 Å². The molecule has 104 valence electrons. The van der Waals surface area contributed by atoms with Crippen LogP contribution < -0.4 is 4.72 Å². The van der Waals surface area contributed by atoms with E-state index in [0.717, 1.165) is 0 Å². The van der Waals surface area contributed by atoms with Gasteiger partial charge in [0.15, 0.2) is 0 Å². The number of sulfonamides is 1. The topological polar surface area (TPSA) is 80.6 Å². The predicted octanol–water partition coefficient (Wildman–Crippen LogP) is 0.0782. The van der Waals surface area contributed by atoms with Gasteiger partial charge in [0.1, 0.15) is 0 Å². The fourth-order valence-electron chi connectivity index (χ4n) is 1.56. The summed E-state index contributed by atoms with van der Waals surface area (Å²) in [7, 11) is -0.251. The molecule has 1 heterocycles. The lowest BCUT2D eigenvalue weighted by Gasteiger charge is -2.11. The second kappa shape index (κ2) is 6.33. The van der Waals surface area contributed by atoms with E-state index in [1.165, 1.54) is 12.3 Å². The average molecular weight is 276 g/mol. The number of rotatable bonds is 7. The maximum absolute atomic E-state index is 12.0. The molecule has 7 heteroatoms. The van der Waals surface area contributed by atoms with Crippen LogP contribution in [0.25, 0.3) is 0 Å². The molecular weight excluding hydrogens is 256 g/mol. The molecule has 0 aromatic carbocycles. The van der Waals surface area contributed by atoms with Crippen LogP contribution in [0.4, 0.5) is 0 Å². The van der Waals surface area contributed by atoms with Crippen LogP contribution in [0.2, 0.25) is 0 Å². The van der Waals surface area contributed by atoms with Crippen molar-refractivity contribution in [3.8, 4) is 0 Å². The molecule has 0 fully saturated rings. The Morgan fingerprint density at radius 2 is 2.22 bits per heavy atom. The van der Waals surface area contributed by atoms with Crippen LogP contribution in [-0.2, 0) is 28.4 Å². The van der Waals surface area contributed by atoms with Crippen LogP contribution in [0, 0.1) is 5.92 Å². The van der Waals surface area contributed by atoms with Gasteiger partial charge in [0.2, 0.25) is 10.0 Å². The first kappa shape index (κ1) is 15.2. The summed E-state index contributed by atoms with van der Waals surface area (Å²) in [6.45, 7) is 2.53. The van der Waals surface area contributed by atoms with Crippen molar-refractivity contribution >= 4 is 10.0 Å². The van der Waals surface area contributed by atoms with Crippen LogP contribution >= 0.6 is 0 Å². The second-order valence-electron chi connectivity index (χ2n) is 4.35. The van der Waals surface area contributed by atoms with Crippen molar-refractivity contribution in [3.63, 3.8) is 0 Å². The van der Waals surface area contributed by atoms with Gasteiger partial charge < -0.3 is 14.4 Å². The Morgan fingerprint density at radius 3 is 2.72 bits per heavy atom. The summed E-state index contributed by atoms with van der Waals surface area (Å²) >= 11 is 0. The lowest BCUT2D eigenvalue weighted by Crippen LogP contribution is -2.29. The number of hydrogen-bond donors (Lipinski definition) is 2. The summed E-state index contributed by atoms with van der Waals surface area (Å²) in [6.07, 6.45) is 1.48. The number of aryl methyl sites for hydroxylation is 1. The monoisotopic (exact) mass is 276 g/mol. The normalized spacial score (nSPS) is 13.8. The van der Waals surface area contributed by atoms with Gasteiger partial charge in [0.25, 0.3) is 0 Å². The molecule has 0 aliphatic carbocycles. The third kappa shape index (κ3) is 3.81. The van der Waals surface area contributed by atoms with Crippen LogP contribution in [0.5, 0.6) is 0 Å². The van der Waals surface area contributed by atoms with Gasteiger partial charge in [-0.3, -0.25) is 0 Å². The zero-order valence-electron chi connectivity index (χ0n) is 10.9. The molecule has 0 saturated heterocycles. The van der Waals surface area contributed by atoms with Gasteiger partial charge in [0, 0.05) is 39.2 Å². The third-order valence-electron chi connectivity index (χ3n) is 2.63. The van der Waals surface area contributed by atoms with Crippen LogP contribution in [0.15, 0.2) is 17.2 Å². The van der Waals surface area contributed by atoms with Gasteiger partial charge in [-0.05, 0) is 12.0 Å². The van der Waals surface area contributed by atoms with E-state index in [4.69, 9.17) is 9.84 Å². The summed E-state index contributed by atoms with van der Waals surface area (Å²) in [5.74, 6) is 0.103. The minimum absolute atomic E-state index is 0.103. The number of hydrogen-bond acceptors (Lipinski definition) is 4. The Labute approximate surface area is 108 Å². The van der Waals surface area contributed by atoms with Gasteiger partial charge >= 0.3 is 0 Å². The molecule has 0 radical (unpaired) electrons. The van der Waals surface area contributed by atoms with E-state index in [1.807, 2.05) is 6.92 Å². The Hall–Kier alpha value is -0.890. The quantitative estimate of drug-likeness (QED) is 0.739. The Bertz CT molecular complexity index is 481. The first-order valence-electron chi connectivity index (χ1n) is 5.65. The molecule has 0 amide bonds. The molecule has 18 heavy (non-hydrogen) atoms. The summed E-state index contributed by atoms with van der Waals surface area (Å²) < 4.78 is 33.0. The van der Waals surface area contributed by atoms with E-state index < -0.39 is 10.0 Å². The first-order valence-corrected chi connectivity index (χ1v) is 7.13. The summed E-state index contributed by atoms with van der Waals surface area (Å²) in [4.78, 5) is 0.165. The second-order valence-corrected chi connectivity index (χ2v) is 6.12. The first-order chi connectivity index (χ1) is 8.40. The van der Waals surface area contributed by atoms with E-state index in [-0.39, 0.29) is 17.4 Å². The lowest BCUT2D eigenvalue weighted by molar-refractivity contribution is 0.161. The number of aromatic nitrogens is 1.